The number of likely N-dealkylation sites (tertiary alicyclic amines) is 1. The average Bonchev–Trinajstić information content (AvgIpc) is 2.37. The van der Waals surface area contributed by atoms with Gasteiger partial charge in [0, 0.05) is 27.8 Å². The van der Waals surface area contributed by atoms with Crippen LogP contribution in [-0.2, 0) is 4.74 Å². The third-order valence-electron chi connectivity index (χ3n) is 4.00. The number of hydrogen-bond donors (Lipinski definition) is 0. The Kier molecular flexibility index (Phi) is 4.01. The predicted octanol–water partition coefficient (Wildman–Crippen LogP) is 1.05. The van der Waals surface area contributed by atoms with Gasteiger partial charge in [-0.1, -0.05) is 15.9 Å². The summed E-state index contributed by atoms with van der Waals surface area (Å²) in [4.78, 5) is 24.0. The lowest BCUT2D eigenvalue weighted by Gasteiger charge is -2.44. The van der Waals surface area contributed by atoms with Crippen LogP contribution in [0.4, 0.5) is 0 Å². The first-order valence-electron chi connectivity index (χ1n) is 6.20. The number of ether oxygens (including phenoxy) is 1. The van der Waals surface area contributed by atoms with Crippen LogP contribution in [-0.4, -0.2) is 57.9 Å². The summed E-state index contributed by atoms with van der Waals surface area (Å²) < 4.78 is 5.10. The Morgan fingerprint density at radius 1 is 1.40 bits per heavy atom. The van der Waals surface area contributed by atoms with Gasteiger partial charge in [-0.2, -0.15) is 0 Å². The van der Waals surface area contributed by atoms with Gasteiger partial charge in [-0.15, -0.1) is 0 Å². The Morgan fingerprint density at radius 3 is 2.60 bits per heavy atom. The number of nitrogens with zero attached hydrogens (tertiary/aromatic N) is 3. The van der Waals surface area contributed by atoms with Crippen LogP contribution in [0.5, 0.6) is 0 Å². The summed E-state index contributed by atoms with van der Waals surface area (Å²) in [7, 11) is 1.39. The van der Waals surface area contributed by atoms with Crippen molar-refractivity contribution in [3.05, 3.63) is 32.1 Å². The SMILES string of the molecule is COC1=CC2([N+](=O)[O-])CN(CCBr)CC([N+](=O)[O-])(C1)C2. The van der Waals surface area contributed by atoms with E-state index in [-0.39, 0.29) is 30.9 Å². The van der Waals surface area contributed by atoms with Gasteiger partial charge < -0.3 is 4.74 Å². The zero-order valence-electron chi connectivity index (χ0n) is 11.1. The molecule has 1 aliphatic carbocycles. The topological polar surface area (TPSA) is 98.8 Å². The predicted molar refractivity (Wildman–Crippen MR) is 74.0 cm³/mol. The smallest absolute Gasteiger partial charge is 0.263 e. The molecule has 0 aromatic heterocycles. The molecule has 0 amide bonds. The number of rotatable bonds is 5. The maximum absolute atomic E-state index is 11.5. The van der Waals surface area contributed by atoms with Crippen molar-refractivity contribution in [2.75, 3.05) is 32.1 Å². The van der Waals surface area contributed by atoms with Crippen molar-refractivity contribution in [1.82, 2.24) is 4.90 Å². The fourth-order valence-corrected chi connectivity index (χ4v) is 3.70. The Morgan fingerprint density at radius 2 is 2.10 bits per heavy atom. The first-order chi connectivity index (χ1) is 9.37. The van der Waals surface area contributed by atoms with Gasteiger partial charge in [0.2, 0.25) is 5.54 Å². The minimum Gasteiger partial charge on any atom is -0.501 e. The number of piperidine rings is 1. The first-order valence-corrected chi connectivity index (χ1v) is 7.33. The molecule has 112 valence electrons. The Labute approximate surface area is 124 Å². The summed E-state index contributed by atoms with van der Waals surface area (Å²) in [6.07, 6.45) is 1.48. The molecule has 1 aliphatic heterocycles. The highest BCUT2D eigenvalue weighted by Crippen LogP contribution is 2.43. The number of nitro groups is 2. The fraction of sp³-hybridized carbons (Fsp3) is 0.818. The minimum atomic E-state index is -1.43. The highest BCUT2D eigenvalue weighted by molar-refractivity contribution is 9.09. The van der Waals surface area contributed by atoms with Crippen LogP contribution < -0.4 is 0 Å². The molecule has 0 saturated carbocycles. The number of hydrogen-bond acceptors (Lipinski definition) is 6. The van der Waals surface area contributed by atoms with Crippen molar-refractivity contribution < 1.29 is 14.6 Å². The van der Waals surface area contributed by atoms with E-state index in [0.717, 1.165) is 0 Å². The Hall–Kier alpha value is -1.22. The molecule has 0 N–H and O–H groups in total. The van der Waals surface area contributed by atoms with Crippen LogP contribution in [0.3, 0.4) is 0 Å². The molecule has 20 heavy (non-hydrogen) atoms. The molecular formula is C11H16BrN3O5. The molecule has 0 radical (unpaired) electrons. The molecule has 2 aliphatic rings. The van der Waals surface area contributed by atoms with Gasteiger partial charge in [-0.3, -0.25) is 25.1 Å². The lowest BCUT2D eigenvalue weighted by atomic mass is 9.71. The highest BCUT2D eigenvalue weighted by Gasteiger charge is 2.64. The summed E-state index contributed by atoms with van der Waals surface area (Å²) in [6, 6.07) is 0. The van der Waals surface area contributed by atoms with Crippen LogP contribution in [0.25, 0.3) is 0 Å². The molecule has 8 nitrogen and oxygen atoms in total. The van der Waals surface area contributed by atoms with E-state index in [9.17, 15) is 20.2 Å². The summed E-state index contributed by atoms with van der Waals surface area (Å²) >= 11 is 3.28. The molecule has 2 unspecified atom stereocenters. The van der Waals surface area contributed by atoms with Crippen molar-refractivity contribution >= 4 is 15.9 Å². The van der Waals surface area contributed by atoms with Crippen LogP contribution in [0, 0.1) is 20.2 Å². The third-order valence-corrected chi connectivity index (χ3v) is 4.35. The van der Waals surface area contributed by atoms with Gasteiger partial charge in [0.1, 0.15) is 5.76 Å². The molecular weight excluding hydrogens is 334 g/mol. The van der Waals surface area contributed by atoms with Gasteiger partial charge in [0.25, 0.3) is 5.54 Å². The quantitative estimate of drug-likeness (QED) is 0.418. The van der Waals surface area contributed by atoms with Crippen LogP contribution in [0.1, 0.15) is 12.8 Å². The number of halogens is 1. The third kappa shape index (κ3) is 2.39. The van der Waals surface area contributed by atoms with Gasteiger partial charge in [-0.05, 0) is 0 Å². The lowest BCUT2D eigenvalue weighted by Crippen LogP contribution is -2.66. The molecule has 9 heteroatoms. The molecule has 0 spiro atoms. The van der Waals surface area contributed by atoms with Crippen LogP contribution in [0.15, 0.2) is 11.8 Å². The molecule has 1 fully saturated rings. The summed E-state index contributed by atoms with van der Waals surface area (Å²) in [6.45, 7) is 0.928. The largest absolute Gasteiger partial charge is 0.501 e. The van der Waals surface area contributed by atoms with Gasteiger partial charge in [0.05, 0.1) is 33.0 Å². The van der Waals surface area contributed by atoms with E-state index in [2.05, 4.69) is 15.9 Å². The van der Waals surface area contributed by atoms with E-state index in [0.29, 0.717) is 17.6 Å². The number of methoxy groups -OCH3 is 1. The number of alkyl halides is 1. The molecule has 1 heterocycles. The van der Waals surface area contributed by atoms with Crippen molar-refractivity contribution in [1.29, 1.82) is 0 Å². The second kappa shape index (κ2) is 5.28. The second-order valence-electron chi connectivity index (χ2n) is 5.41. The zero-order chi connectivity index (χ0) is 15.0. The molecule has 2 rings (SSSR count). The average molecular weight is 350 g/mol. The van der Waals surface area contributed by atoms with Crippen LogP contribution >= 0.6 is 15.9 Å². The summed E-state index contributed by atoms with van der Waals surface area (Å²) in [5.74, 6) is 0.336. The summed E-state index contributed by atoms with van der Waals surface area (Å²) in [5.41, 5.74) is -2.77. The molecule has 0 aromatic rings. The van der Waals surface area contributed by atoms with Crippen molar-refractivity contribution in [3.8, 4) is 0 Å². The summed E-state index contributed by atoms with van der Waals surface area (Å²) in [5, 5.41) is 23.7. The van der Waals surface area contributed by atoms with Crippen molar-refractivity contribution in [2.24, 2.45) is 0 Å². The minimum absolute atomic E-state index is 0.0777. The van der Waals surface area contributed by atoms with E-state index in [1.807, 2.05) is 0 Å². The maximum atomic E-state index is 11.5. The fourth-order valence-electron chi connectivity index (χ4n) is 3.20. The highest BCUT2D eigenvalue weighted by atomic mass is 79.9. The van der Waals surface area contributed by atoms with Gasteiger partial charge in [-0.25, -0.2) is 0 Å². The van der Waals surface area contributed by atoms with E-state index < -0.39 is 16.0 Å². The second-order valence-corrected chi connectivity index (χ2v) is 6.20. The van der Waals surface area contributed by atoms with E-state index >= 15 is 0 Å². The molecule has 2 atom stereocenters. The van der Waals surface area contributed by atoms with Gasteiger partial charge in [0.15, 0.2) is 0 Å². The Balaban J connectivity index is 2.47. The van der Waals surface area contributed by atoms with Gasteiger partial charge >= 0.3 is 0 Å². The molecule has 0 aromatic carbocycles. The first kappa shape index (κ1) is 15.2. The van der Waals surface area contributed by atoms with Crippen LogP contribution in [0.2, 0.25) is 0 Å². The number of fused-ring (bicyclic) bond motifs is 2. The lowest BCUT2D eigenvalue weighted by molar-refractivity contribution is -0.620. The molecule has 1 saturated heterocycles. The van der Waals surface area contributed by atoms with Crippen molar-refractivity contribution in [3.63, 3.8) is 0 Å². The standard InChI is InChI=1S/C11H16BrN3O5/c1-20-9-4-10(14(16)17)6-11(5-9,15(18)19)8-13(7-10)3-2-12/h4H,2-3,5-8H2,1H3. The molecule has 2 bridgehead atoms. The van der Waals surface area contributed by atoms with E-state index in [4.69, 9.17) is 4.74 Å². The van der Waals surface area contributed by atoms with Crippen molar-refractivity contribution in [2.45, 2.75) is 23.9 Å². The normalized spacial score (nSPS) is 33.4. The Bertz CT molecular complexity index is 471. The monoisotopic (exact) mass is 349 g/mol. The zero-order valence-corrected chi connectivity index (χ0v) is 12.7. The van der Waals surface area contributed by atoms with E-state index in [1.165, 1.54) is 13.2 Å². The maximum Gasteiger partial charge on any atom is 0.263 e. The van der Waals surface area contributed by atoms with E-state index in [1.54, 1.807) is 4.90 Å².